The van der Waals surface area contributed by atoms with Crippen LogP contribution in [0.15, 0.2) is 63.8 Å². The van der Waals surface area contributed by atoms with Gasteiger partial charge in [-0.3, -0.25) is 4.79 Å². The minimum atomic E-state index is -0.504. The van der Waals surface area contributed by atoms with E-state index in [1.807, 2.05) is 0 Å². The van der Waals surface area contributed by atoms with Crippen LogP contribution < -0.4 is 20.6 Å². The summed E-state index contributed by atoms with van der Waals surface area (Å²) in [5, 5.41) is 0. The quantitative estimate of drug-likeness (QED) is 0.409. The summed E-state index contributed by atoms with van der Waals surface area (Å²) in [5.41, 5.74) is 8.76. The molecule has 2 aromatic carbocycles. The van der Waals surface area contributed by atoms with Gasteiger partial charge in [-0.05, 0) is 42.0 Å². The minimum Gasteiger partial charge on any atom is -0.489 e. The van der Waals surface area contributed by atoms with Crippen LogP contribution in [0.5, 0.6) is 11.5 Å². The maximum absolute atomic E-state index is 11.7. The molecule has 0 radical (unpaired) electrons. The van der Waals surface area contributed by atoms with Crippen LogP contribution in [-0.2, 0) is 6.61 Å². The molecule has 0 saturated carbocycles. The van der Waals surface area contributed by atoms with Crippen molar-refractivity contribution in [2.24, 2.45) is 0 Å². The van der Waals surface area contributed by atoms with Gasteiger partial charge < -0.3 is 24.5 Å². The second kappa shape index (κ2) is 7.75. The summed E-state index contributed by atoms with van der Waals surface area (Å²) in [7, 11) is 3.18. The maximum Gasteiger partial charge on any atom is 0.414 e. The summed E-state index contributed by atoms with van der Waals surface area (Å²) in [4.78, 5) is 29.0. The summed E-state index contributed by atoms with van der Waals surface area (Å²) in [6.07, 6.45) is -0.504. The molecule has 8 heteroatoms. The summed E-state index contributed by atoms with van der Waals surface area (Å²) < 4.78 is 16.8. The highest BCUT2D eigenvalue weighted by Gasteiger charge is 2.12. The molecule has 1 aliphatic carbocycles. The Labute approximate surface area is 171 Å². The lowest BCUT2D eigenvalue weighted by atomic mass is 10.2. The topological polar surface area (TPSA) is 108 Å². The van der Waals surface area contributed by atoms with Crippen LogP contribution in [0, 0.1) is 0 Å². The molecule has 152 valence electrons. The van der Waals surface area contributed by atoms with E-state index in [9.17, 15) is 9.59 Å². The van der Waals surface area contributed by atoms with Crippen molar-refractivity contribution in [3.63, 3.8) is 0 Å². The molecular weight excluding hydrogens is 386 g/mol. The number of carbonyl (C=O) groups is 1. The molecule has 0 unspecified atom stereocenters. The Balaban J connectivity index is 1.51. The standard InChI is InChI=1S/C22H19N3O5/c1-25(2)22(27)30-19-8-3-13(9-16(19)23)12-28-15-5-7-18-21(11-15)29-20-10-14(26)4-6-17(20)24-18/h3-11H,12,23H2,1-2H3. The zero-order valence-corrected chi connectivity index (χ0v) is 16.4. The molecule has 0 atom stereocenters. The van der Waals surface area contributed by atoms with Crippen LogP contribution in [0.3, 0.4) is 0 Å². The van der Waals surface area contributed by atoms with E-state index in [1.165, 1.54) is 17.0 Å². The molecule has 0 aromatic heterocycles. The second-order valence-corrected chi connectivity index (χ2v) is 6.90. The molecule has 2 aliphatic rings. The third-order valence-electron chi connectivity index (χ3n) is 4.37. The lowest BCUT2D eigenvalue weighted by Crippen LogP contribution is -2.25. The van der Waals surface area contributed by atoms with E-state index >= 15 is 0 Å². The van der Waals surface area contributed by atoms with Crippen molar-refractivity contribution in [3.05, 3.63) is 70.4 Å². The van der Waals surface area contributed by atoms with Crippen LogP contribution >= 0.6 is 0 Å². The third kappa shape index (κ3) is 4.02. The zero-order chi connectivity index (χ0) is 21.3. The number of nitrogen functional groups attached to an aromatic ring is 1. The molecule has 1 heterocycles. The molecule has 4 rings (SSSR count). The van der Waals surface area contributed by atoms with Crippen molar-refractivity contribution >= 4 is 22.9 Å². The molecule has 0 spiro atoms. The second-order valence-electron chi connectivity index (χ2n) is 6.90. The minimum absolute atomic E-state index is 0.142. The van der Waals surface area contributed by atoms with Crippen molar-refractivity contribution in [2.45, 2.75) is 6.61 Å². The molecule has 0 fully saturated rings. The fourth-order valence-corrected chi connectivity index (χ4v) is 2.81. The maximum atomic E-state index is 11.7. The Bertz CT molecular complexity index is 1270. The Morgan fingerprint density at radius 1 is 1.10 bits per heavy atom. The van der Waals surface area contributed by atoms with Crippen molar-refractivity contribution in [3.8, 4) is 23.0 Å². The van der Waals surface area contributed by atoms with Gasteiger partial charge in [-0.25, -0.2) is 9.78 Å². The molecule has 0 saturated heterocycles. The van der Waals surface area contributed by atoms with Gasteiger partial charge in [0, 0.05) is 26.2 Å². The number of anilines is 1. The summed E-state index contributed by atoms with van der Waals surface area (Å²) in [6.45, 7) is 0.253. The van der Waals surface area contributed by atoms with Crippen molar-refractivity contribution in [2.75, 3.05) is 19.8 Å². The van der Waals surface area contributed by atoms with Crippen LogP contribution in [0.25, 0.3) is 22.6 Å². The van der Waals surface area contributed by atoms with E-state index in [1.54, 1.807) is 56.6 Å². The SMILES string of the molecule is CN(C)C(=O)Oc1ccc(COc2ccc3nc4ccc(=O)cc-4oc3c2)cc1N. The highest BCUT2D eigenvalue weighted by atomic mass is 16.6. The van der Waals surface area contributed by atoms with Gasteiger partial charge in [0.1, 0.15) is 23.6 Å². The Morgan fingerprint density at radius 2 is 1.93 bits per heavy atom. The van der Waals surface area contributed by atoms with Crippen LogP contribution in [0.1, 0.15) is 5.56 Å². The van der Waals surface area contributed by atoms with Crippen LogP contribution in [-0.4, -0.2) is 30.1 Å². The Morgan fingerprint density at radius 3 is 2.70 bits per heavy atom. The number of carbonyl (C=O) groups excluding carboxylic acids is 1. The number of nitrogens with two attached hydrogens (primary N) is 1. The number of ether oxygens (including phenoxy) is 2. The highest BCUT2D eigenvalue weighted by Crippen LogP contribution is 2.28. The lowest BCUT2D eigenvalue weighted by molar-refractivity contribution is 0.172. The van der Waals surface area contributed by atoms with E-state index in [4.69, 9.17) is 19.6 Å². The number of aromatic nitrogens is 1. The van der Waals surface area contributed by atoms with Crippen molar-refractivity contribution < 1.29 is 18.7 Å². The van der Waals surface area contributed by atoms with Gasteiger partial charge in [0.05, 0.1) is 5.69 Å². The molecule has 8 nitrogen and oxygen atoms in total. The van der Waals surface area contributed by atoms with E-state index < -0.39 is 6.09 Å². The van der Waals surface area contributed by atoms with Gasteiger partial charge in [-0.1, -0.05) is 6.07 Å². The van der Waals surface area contributed by atoms with Crippen molar-refractivity contribution in [1.29, 1.82) is 0 Å². The van der Waals surface area contributed by atoms with Gasteiger partial charge in [-0.2, -0.15) is 0 Å². The normalized spacial score (nSPS) is 10.9. The van der Waals surface area contributed by atoms with E-state index in [0.29, 0.717) is 34.0 Å². The number of nitrogens with zero attached hydrogens (tertiary/aromatic N) is 2. The first-order chi connectivity index (χ1) is 14.4. The van der Waals surface area contributed by atoms with Crippen LogP contribution in [0.2, 0.25) is 0 Å². The molecule has 2 aromatic rings. The fraction of sp³-hybridized carbons (Fsp3) is 0.136. The van der Waals surface area contributed by atoms with Crippen molar-refractivity contribution in [1.82, 2.24) is 9.88 Å². The number of rotatable bonds is 4. The summed E-state index contributed by atoms with van der Waals surface area (Å²) in [5.74, 6) is 1.28. The molecule has 30 heavy (non-hydrogen) atoms. The third-order valence-corrected chi connectivity index (χ3v) is 4.37. The number of amides is 1. The first-order valence-corrected chi connectivity index (χ1v) is 9.14. The lowest BCUT2D eigenvalue weighted by Gasteiger charge is -2.13. The molecular formula is C22H19N3O5. The monoisotopic (exact) mass is 405 g/mol. The zero-order valence-electron chi connectivity index (χ0n) is 16.4. The van der Waals surface area contributed by atoms with E-state index in [2.05, 4.69) is 4.98 Å². The first kappa shape index (κ1) is 19.3. The number of hydrogen-bond acceptors (Lipinski definition) is 7. The van der Waals surface area contributed by atoms with Crippen LogP contribution in [0.4, 0.5) is 10.5 Å². The van der Waals surface area contributed by atoms with Gasteiger partial charge in [0.15, 0.2) is 22.5 Å². The Hall–Kier alpha value is -4.07. The average Bonchev–Trinajstić information content (AvgIpc) is 2.72. The predicted molar refractivity (Wildman–Crippen MR) is 112 cm³/mol. The van der Waals surface area contributed by atoms with Gasteiger partial charge in [0.25, 0.3) is 0 Å². The van der Waals surface area contributed by atoms with E-state index in [0.717, 1.165) is 5.56 Å². The largest absolute Gasteiger partial charge is 0.489 e. The highest BCUT2D eigenvalue weighted by molar-refractivity contribution is 5.77. The molecule has 0 bridgehead atoms. The van der Waals surface area contributed by atoms with Gasteiger partial charge >= 0.3 is 6.09 Å². The number of fused-ring (bicyclic) bond motifs is 2. The fourth-order valence-electron chi connectivity index (χ4n) is 2.81. The molecule has 1 aliphatic heterocycles. The number of hydrogen-bond donors (Lipinski definition) is 1. The molecule has 2 N–H and O–H groups in total. The van der Waals surface area contributed by atoms with E-state index in [-0.39, 0.29) is 17.8 Å². The average molecular weight is 405 g/mol. The van der Waals surface area contributed by atoms with Gasteiger partial charge in [0.2, 0.25) is 0 Å². The predicted octanol–water partition coefficient (Wildman–Crippen LogP) is 3.51. The smallest absolute Gasteiger partial charge is 0.414 e. The molecule has 1 amide bonds. The summed E-state index contributed by atoms with van der Waals surface area (Å²) >= 11 is 0. The number of benzene rings is 3. The van der Waals surface area contributed by atoms with Gasteiger partial charge in [-0.15, -0.1) is 0 Å². The summed E-state index contributed by atoms with van der Waals surface area (Å²) in [6, 6.07) is 14.9. The Kier molecular flexibility index (Phi) is 4.97. The first-order valence-electron chi connectivity index (χ1n) is 9.14.